The lowest BCUT2D eigenvalue weighted by Gasteiger charge is -2.07. The molecule has 2 aromatic rings. The van der Waals surface area contributed by atoms with Crippen molar-refractivity contribution in [2.24, 2.45) is 7.05 Å². The lowest BCUT2D eigenvalue weighted by Crippen LogP contribution is -2.11. The summed E-state index contributed by atoms with van der Waals surface area (Å²) in [5.74, 6) is 0.802. The molecule has 0 aliphatic rings. The molecule has 1 aromatic heterocycles. The van der Waals surface area contributed by atoms with E-state index in [-0.39, 0.29) is 12.2 Å². The van der Waals surface area contributed by atoms with Crippen molar-refractivity contribution in [1.82, 2.24) is 14.8 Å². The van der Waals surface area contributed by atoms with Gasteiger partial charge in [0.15, 0.2) is 12.4 Å². The SMILES string of the molecule is Cc1nnc(COC(=O)c2ccc(N)cc2N)n1C. The predicted molar refractivity (Wildman–Crippen MR) is 70.1 cm³/mol. The summed E-state index contributed by atoms with van der Waals surface area (Å²) in [5.41, 5.74) is 12.3. The summed E-state index contributed by atoms with van der Waals surface area (Å²) >= 11 is 0. The molecule has 0 amide bonds. The van der Waals surface area contributed by atoms with Crippen LogP contribution in [0.5, 0.6) is 0 Å². The number of nitrogens with zero attached hydrogens (tertiary/aromatic N) is 3. The molecule has 0 aliphatic carbocycles. The van der Waals surface area contributed by atoms with Crippen molar-refractivity contribution in [3.8, 4) is 0 Å². The molecule has 1 aromatic carbocycles. The number of hydrogen-bond acceptors (Lipinski definition) is 6. The van der Waals surface area contributed by atoms with Crippen LogP contribution in [0.15, 0.2) is 18.2 Å². The van der Waals surface area contributed by atoms with Gasteiger partial charge in [0, 0.05) is 18.4 Å². The Morgan fingerprint density at radius 2 is 2.11 bits per heavy atom. The van der Waals surface area contributed by atoms with E-state index in [9.17, 15) is 4.79 Å². The maximum Gasteiger partial charge on any atom is 0.340 e. The number of benzene rings is 1. The van der Waals surface area contributed by atoms with Crippen LogP contribution in [0, 0.1) is 6.92 Å². The summed E-state index contributed by atoms with van der Waals surface area (Å²) in [7, 11) is 1.80. The van der Waals surface area contributed by atoms with E-state index in [2.05, 4.69) is 10.2 Å². The molecule has 0 fully saturated rings. The minimum atomic E-state index is -0.516. The number of carbonyl (C=O) groups excluding carboxylic acids is 1. The quantitative estimate of drug-likeness (QED) is 0.620. The fourth-order valence-corrected chi connectivity index (χ4v) is 1.55. The van der Waals surface area contributed by atoms with E-state index in [1.54, 1.807) is 17.7 Å². The summed E-state index contributed by atoms with van der Waals surface area (Å²) in [6.07, 6.45) is 0. The van der Waals surface area contributed by atoms with Crippen molar-refractivity contribution in [3.63, 3.8) is 0 Å². The van der Waals surface area contributed by atoms with Crippen molar-refractivity contribution in [3.05, 3.63) is 35.4 Å². The maximum atomic E-state index is 11.9. The number of anilines is 2. The Labute approximate surface area is 110 Å². The van der Waals surface area contributed by atoms with Gasteiger partial charge in [-0.2, -0.15) is 0 Å². The van der Waals surface area contributed by atoms with Crippen LogP contribution in [0.1, 0.15) is 22.0 Å². The third-order valence-corrected chi connectivity index (χ3v) is 2.81. The average molecular weight is 261 g/mol. The van der Waals surface area contributed by atoms with Crippen molar-refractivity contribution >= 4 is 17.3 Å². The van der Waals surface area contributed by atoms with E-state index in [0.717, 1.165) is 5.82 Å². The van der Waals surface area contributed by atoms with Crippen LogP contribution >= 0.6 is 0 Å². The normalized spacial score (nSPS) is 10.4. The topological polar surface area (TPSA) is 109 Å². The molecule has 0 saturated heterocycles. The number of aryl methyl sites for hydroxylation is 1. The van der Waals surface area contributed by atoms with Crippen LogP contribution in [0.3, 0.4) is 0 Å². The van der Waals surface area contributed by atoms with Gasteiger partial charge in [0.1, 0.15) is 5.82 Å². The Kier molecular flexibility index (Phi) is 3.37. The number of ether oxygens (including phenoxy) is 1. The summed E-state index contributed by atoms with van der Waals surface area (Å²) in [4.78, 5) is 11.9. The molecular weight excluding hydrogens is 246 g/mol. The number of nitrogens with two attached hydrogens (primary N) is 2. The predicted octanol–water partition coefficient (Wildman–Crippen LogP) is 0.645. The van der Waals surface area contributed by atoms with E-state index in [4.69, 9.17) is 16.2 Å². The molecule has 100 valence electrons. The second kappa shape index (κ2) is 4.97. The molecule has 2 rings (SSSR count). The highest BCUT2D eigenvalue weighted by Gasteiger charge is 2.13. The standard InChI is InChI=1S/C12H15N5O2/c1-7-15-16-11(17(7)2)6-19-12(18)9-4-3-8(13)5-10(9)14/h3-5H,6,13-14H2,1-2H3. The van der Waals surface area contributed by atoms with Crippen molar-refractivity contribution in [2.45, 2.75) is 13.5 Å². The van der Waals surface area contributed by atoms with Gasteiger partial charge in [-0.05, 0) is 25.1 Å². The van der Waals surface area contributed by atoms with Crippen molar-refractivity contribution in [2.75, 3.05) is 11.5 Å². The number of esters is 1. The van der Waals surface area contributed by atoms with Crippen LogP contribution in [0.2, 0.25) is 0 Å². The minimum Gasteiger partial charge on any atom is -0.454 e. The van der Waals surface area contributed by atoms with Gasteiger partial charge < -0.3 is 20.8 Å². The molecule has 1 heterocycles. The second-order valence-corrected chi connectivity index (χ2v) is 4.15. The molecule has 0 aliphatic heterocycles. The Morgan fingerprint density at radius 1 is 1.37 bits per heavy atom. The highest BCUT2D eigenvalue weighted by molar-refractivity contribution is 5.95. The van der Waals surface area contributed by atoms with Gasteiger partial charge in [-0.1, -0.05) is 0 Å². The summed E-state index contributed by atoms with van der Waals surface area (Å²) in [6, 6.07) is 4.65. The zero-order valence-corrected chi connectivity index (χ0v) is 10.8. The number of hydrogen-bond donors (Lipinski definition) is 2. The fraction of sp³-hybridized carbons (Fsp3) is 0.250. The van der Waals surface area contributed by atoms with Gasteiger partial charge in [0.05, 0.1) is 5.56 Å². The number of aromatic nitrogens is 3. The molecule has 4 N–H and O–H groups in total. The molecule has 0 radical (unpaired) electrons. The highest BCUT2D eigenvalue weighted by atomic mass is 16.5. The first-order valence-corrected chi connectivity index (χ1v) is 5.66. The lowest BCUT2D eigenvalue weighted by molar-refractivity contribution is 0.0460. The van der Waals surface area contributed by atoms with Crippen LogP contribution in [0.4, 0.5) is 11.4 Å². The van der Waals surface area contributed by atoms with Gasteiger partial charge in [-0.25, -0.2) is 4.79 Å². The Bertz CT molecular complexity index is 621. The molecule has 0 atom stereocenters. The first-order chi connectivity index (χ1) is 8.99. The molecule has 0 spiro atoms. The van der Waals surface area contributed by atoms with Gasteiger partial charge in [-0.3, -0.25) is 0 Å². The van der Waals surface area contributed by atoms with E-state index in [1.807, 2.05) is 6.92 Å². The third-order valence-electron chi connectivity index (χ3n) is 2.81. The largest absolute Gasteiger partial charge is 0.454 e. The smallest absolute Gasteiger partial charge is 0.340 e. The monoisotopic (exact) mass is 261 g/mol. The van der Waals surface area contributed by atoms with E-state index < -0.39 is 5.97 Å². The minimum absolute atomic E-state index is 0.0417. The van der Waals surface area contributed by atoms with Crippen LogP contribution in [-0.2, 0) is 18.4 Å². The molecule has 0 unspecified atom stereocenters. The Balaban J connectivity index is 2.07. The highest BCUT2D eigenvalue weighted by Crippen LogP contribution is 2.17. The van der Waals surface area contributed by atoms with Gasteiger partial charge in [0.2, 0.25) is 0 Å². The maximum absolute atomic E-state index is 11.9. The van der Waals surface area contributed by atoms with Crippen LogP contribution in [0.25, 0.3) is 0 Å². The summed E-state index contributed by atoms with van der Waals surface area (Å²) < 4.78 is 6.90. The second-order valence-electron chi connectivity index (χ2n) is 4.15. The number of carbonyl (C=O) groups is 1. The number of rotatable bonds is 3. The Hall–Kier alpha value is -2.57. The molecular formula is C12H15N5O2. The Morgan fingerprint density at radius 3 is 2.68 bits per heavy atom. The van der Waals surface area contributed by atoms with Gasteiger partial charge in [-0.15, -0.1) is 10.2 Å². The molecule has 0 saturated carbocycles. The number of nitrogen functional groups attached to an aromatic ring is 2. The fourth-order valence-electron chi connectivity index (χ4n) is 1.55. The molecule has 19 heavy (non-hydrogen) atoms. The summed E-state index contributed by atoms with van der Waals surface area (Å²) in [6.45, 7) is 1.86. The van der Waals surface area contributed by atoms with Crippen molar-refractivity contribution < 1.29 is 9.53 Å². The molecule has 7 nitrogen and oxygen atoms in total. The zero-order chi connectivity index (χ0) is 14.0. The third kappa shape index (κ3) is 2.65. The molecule has 0 bridgehead atoms. The van der Waals surface area contributed by atoms with E-state index in [1.165, 1.54) is 12.1 Å². The van der Waals surface area contributed by atoms with E-state index in [0.29, 0.717) is 17.2 Å². The van der Waals surface area contributed by atoms with Crippen molar-refractivity contribution in [1.29, 1.82) is 0 Å². The van der Waals surface area contributed by atoms with Crippen LogP contribution < -0.4 is 11.5 Å². The first kappa shape index (κ1) is 12.9. The van der Waals surface area contributed by atoms with Crippen LogP contribution in [-0.4, -0.2) is 20.7 Å². The van der Waals surface area contributed by atoms with Gasteiger partial charge in [0.25, 0.3) is 0 Å². The summed E-state index contributed by atoms with van der Waals surface area (Å²) in [5, 5.41) is 7.78. The van der Waals surface area contributed by atoms with Gasteiger partial charge >= 0.3 is 5.97 Å². The van der Waals surface area contributed by atoms with E-state index >= 15 is 0 Å². The zero-order valence-electron chi connectivity index (χ0n) is 10.8. The lowest BCUT2D eigenvalue weighted by atomic mass is 10.1. The first-order valence-electron chi connectivity index (χ1n) is 5.66. The average Bonchev–Trinajstić information content (AvgIpc) is 2.67. The molecule has 7 heteroatoms.